The van der Waals surface area contributed by atoms with Crippen molar-refractivity contribution in [3.8, 4) is 11.8 Å². The number of nitrogens with two attached hydrogens (primary N) is 1. The Morgan fingerprint density at radius 2 is 1.34 bits per heavy atom. The van der Waals surface area contributed by atoms with E-state index in [1.807, 2.05) is 83.1 Å². The average Bonchev–Trinajstić information content (AvgIpc) is 0.779. The molecule has 0 aliphatic carbocycles. The molecule has 0 radical (unpaired) electrons. The Kier molecular flexibility index (Phi) is 27.1. The number of hydrogen-bond acceptors (Lipinski definition) is 13. The number of esters is 1. The molecule has 5 rings (SSSR count). The van der Waals surface area contributed by atoms with Crippen LogP contribution < -0.4 is 42.5 Å². The molecule has 0 bridgehead atoms. The average molecular weight is 1310 g/mol. The van der Waals surface area contributed by atoms with Crippen LogP contribution in [0.4, 0.5) is 31.4 Å². The fourth-order valence-corrected chi connectivity index (χ4v) is 10.7. The van der Waals surface area contributed by atoms with Crippen molar-refractivity contribution in [1.29, 1.82) is 0 Å². The van der Waals surface area contributed by atoms with Gasteiger partial charge in [-0.25, -0.2) is 19.2 Å². The van der Waals surface area contributed by atoms with Crippen LogP contribution in [0.2, 0.25) is 0 Å². The molecule has 0 fully saturated rings. The maximum Gasteiger partial charge on any atom is 0.411 e. The molecular formula is C72H96N10O13. The zero-order valence-electron chi connectivity index (χ0n) is 57.7. The summed E-state index contributed by atoms with van der Waals surface area (Å²) < 4.78 is 16.6. The lowest BCUT2D eigenvalue weighted by Crippen LogP contribution is -2.63. The third-order valence-electron chi connectivity index (χ3n) is 15.9. The van der Waals surface area contributed by atoms with Crippen molar-refractivity contribution in [1.82, 2.24) is 31.1 Å². The van der Waals surface area contributed by atoms with E-state index in [-0.39, 0.29) is 63.8 Å². The lowest BCUT2D eigenvalue weighted by molar-refractivity contribution is -0.142. The van der Waals surface area contributed by atoms with Gasteiger partial charge in [0.1, 0.15) is 36.4 Å². The summed E-state index contributed by atoms with van der Waals surface area (Å²) in [5.74, 6) is 2.06. The summed E-state index contributed by atoms with van der Waals surface area (Å²) in [5.41, 5.74) is 7.21. The van der Waals surface area contributed by atoms with Crippen molar-refractivity contribution in [2.45, 2.75) is 177 Å². The van der Waals surface area contributed by atoms with E-state index < -0.39 is 106 Å². The Morgan fingerprint density at radius 1 is 0.695 bits per heavy atom. The normalized spacial score (nSPS) is 13.8. The molecule has 1 aliphatic heterocycles. The van der Waals surface area contributed by atoms with E-state index in [0.717, 1.165) is 11.1 Å². The van der Waals surface area contributed by atoms with E-state index >= 15 is 4.79 Å². The van der Waals surface area contributed by atoms with E-state index in [2.05, 4.69) is 43.7 Å². The molecule has 1 unspecified atom stereocenters. The number of para-hydroxylation sites is 1. The molecule has 8 N–H and O–H groups in total. The Morgan fingerprint density at radius 3 is 1.96 bits per heavy atom. The number of anilines is 3. The number of rotatable bonds is 27. The van der Waals surface area contributed by atoms with E-state index in [0.29, 0.717) is 39.3 Å². The van der Waals surface area contributed by atoms with Crippen LogP contribution in [0.1, 0.15) is 150 Å². The van der Waals surface area contributed by atoms with Crippen LogP contribution in [-0.4, -0.2) is 132 Å². The number of carbonyl (C=O) groups excluding carboxylic acids is 10. The number of primary amides is 1. The lowest BCUT2D eigenvalue weighted by atomic mass is 9.76. The monoisotopic (exact) mass is 1310 g/mol. The highest BCUT2D eigenvalue weighted by atomic mass is 16.6. The molecule has 10 amide bonds. The standard InChI is InChI=1S/C72H96N10O13/c1-17-93-66(89)46(6)40-56(44(2)3)80(15)65(88)60(70(7,8)9)79-64(87)61(81(16)69(92)95-71(10,11)12)72(13,14)51-27-22-28-53(41-51)76-68(91)94-43-47-31-35-52(36-32-47)75-62(85)54(29-23-39-74-67(73)90)77-63(86)59(45(4)5)78-57(83)37-38-58(84)82-42-50-26-19-18-24-48(50)33-34-49-25-20-21-30-55(49)82/h18-22,24-28,30-32,35-36,40-41,44-45,54,56,59-61H,17,23,29,37-39,42-43H2,1-16H3,(H,75,85)(H,76,91)(H,77,86)(H,78,83)(H,79,87)(H3,73,74,90)/b46-40+/t54-,56+,59-,60+,61?/m0/s1. The molecule has 1 aliphatic rings. The summed E-state index contributed by atoms with van der Waals surface area (Å²) in [6, 6.07) is 22.0. The van der Waals surface area contributed by atoms with Crippen molar-refractivity contribution in [2.24, 2.45) is 23.0 Å². The molecule has 1 heterocycles. The van der Waals surface area contributed by atoms with Gasteiger partial charge in [0.2, 0.25) is 35.4 Å². The summed E-state index contributed by atoms with van der Waals surface area (Å²) in [4.78, 5) is 141. The molecular weight excluding hydrogens is 1210 g/mol. The molecule has 4 aromatic carbocycles. The second-order valence-electron chi connectivity index (χ2n) is 26.9. The molecule has 0 aromatic heterocycles. The van der Waals surface area contributed by atoms with E-state index in [1.54, 1.807) is 129 Å². The Labute approximate surface area is 558 Å². The lowest BCUT2D eigenvalue weighted by Gasteiger charge is -2.42. The first-order valence-electron chi connectivity index (χ1n) is 32.0. The number of urea groups is 1. The van der Waals surface area contributed by atoms with Crippen molar-refractivity contribution in [3.63, 3.8) is 0 Å². The number of likely N-dealkylation sites (N-methyl/N-ethyl adjacent to an activating group) is 2. The minimum absolute atomic E-state index is 0.0638. The maximum atomic E-state index is 15.0. The third kappa shape index (κ3) is 22.2. The minimum atomic E-state index is -1.30. The highest BCUT2D eigenvalue weighted by molar-refractivity contribution is 6.00. The number of nitrogens with one attached hydrogen (secondary N) is 6. The predicted octanol–water partition coefficient (Wildman–Crippen LogP) is 9.21. The number of nitrogens with zero attached hydrogens (tertiary/aromatic N) is 3. The fraction of sp³-hybridized carbons (Fsp3) is 0.472. The van der Waals surface area contributed by atoms with Gasteiger partial charge in [-0.3, -0.25) is 39.0 Å². The zero-order valence-corrected chi connectivity index (χ0v) is 57.7. The Hall–Kier alpha value is -9.72. The second-order valence-corrected chi connectivity index (χ2v) is 26.9. The van der Waals surface area contributed by atoms with Gasteiger partial charge in [0.25, 0.3) is 0 Å². The van der Waals surface area contributed by atoms with Crippen LogP contribution in [0.15, 0.2) is 109 Å². The van der Waals surface area contributed by atoms with E-state index in [9.17, 15) is 43.2 Å². The SMILES string of the molecule is CCOC(=O)/C(C)=C/[C@H](C(C)C)N(C)C(=O)[C@@H](NC(=O)C(N(C)C(=O)OC(C)(C)C)C(C)(C)c1cccc(NC(=O)OCc2ccc(NC(=O)[C@H](CCCNC(N)=O)NC(=O)[C@@H](NC(=O)CCC(=O)N3Cc4ccccc4C#Cc4ccccc43)C(C)C)cc2)c1)C(C)(C)C. The number of hydrogen-bond donors (Lipinski definition) is 7. The Balaban J connectivity index is 1.25. The molecule has 23 heteroatoms. The number of fused-ring (bicyclic) bond motifs is 2. The van der Waals surface area contributed by atoms with Gasteiger partial charge >= 0.3 is 24.2 Å². The number of benzene rings is 4. The zero-order chi connectivity index (χ0) is 70.7. The molecule has 0 saturated carbocycles. The topological polar surface area (TPSA) is 306 Å². The van der Waals surface area contributed by atoms with Gasteiger partial charge < -0.3 is 56.3 Å². The van der Waals surface area contributed by atoms with Gasteiger partial charge in [0.05, 0.1) is 24.9 Å². The van der Waals surface area contributed by atoms with Crippen LogP contribution >= 0.6 is 0 Å². The van der Waals surface area contributed by atoms with Crippen molar-refractivity contribution in [3.05, 3.63) is 137 Å². The van der Waals surface area contributed by atoms with Crippen molar-refractivity contribution < 1.29 is 62.2 Å². The first-order chi connectivity index (χ1) is 44.5. The predicted molar refractivity (Wildman–Crippen MR) is 364 cm³/mol. The van der Waals surface area contributed by atoms with Gasteiger partial charge in [0.15, 0.2) is 0 Å². The quantitative estimate of drug-likeness (QED) is 0.00964. The molecule has 95 heavy (non-hydrogen) atoms. The van der Waals surface area contributed by atoms with Crippen molar-refractivity contribution in [2.75, 3.05) is 42.8 Å². The maximum absolute atomic E-state index is 15.0. The van der Waals surface area contributed by atoms with E-state index in [4.69, 9.17) is 19.9 Å². The number of amides is 10. The largest absolute Gasteiger partial charge is 0.463 e. The highest BCUT2D eigenvalue weighted by Crippen LogP contribution is 2.35. The van der Waals surface area contributed by atoms with Gasteiger partial charge in [-0.2, -0.15) is 0 Å². The second kappa shape index (κ2) is 33.9. The first-order valence-corrected chi connectivity index (χ1v) is 32.0. The van der Waals surface area contributed by atoms with Gasteiger partial charge in [-0.1, -0.05) is 135 Å². The summed E-state index contributed by atoms with van der Waals surface area (Å²) in [6.07, 6.45) is -0.0337. The molecule has 0 saturated heterocycles. The van der Waals surface area contributed by atoms with Gasteiger partial charge in [-0.05, 0) is 124 Å². The summed E-state index contributed by atoms with van der Waals surface area (Å²) in [5, 5.41) is 16.6. The summed E-state index contributed by atoms with van der Waals surface area (Å²) in [7, 11) is 3.06. The third-order valence-corrected chi connectivity index (χ3v) is 15.9. The first kappa shape index (κ1) is 76.0. The van der Waals surface area contributed by atoms with Crippen LogP contribution in [0.3, 0.4) is 0 Å². The highest BCUT2D eigenvalue weighted by Gasteiger charge is 2.46. The smallest absolute Gasteiger partial charge is 0.411 e. The summed E-state index contributed by atoms with van der Waals surface area (Å²) >= 11 is 0. The minimum Gasteiger partial charge on any atom is -0.463 e. The van der Waals surface area contributed by atoms with Gasteiger partial charge in [-0.15, -0.1) is 0 Å². The Bertz CT molecular complexity index is 3520. The van der Waals surface area contributed by atoms with Crippen LogP contribution in [-0.2, 0) is 66.3 Å². The molecule has 23 nitrogen and oxygen atoms in total. The number of carbonyl (C=O) groups is 10. The van der Waals surface area contributed by atoms with Crippen molar-refractivity contribution >= 4 is 76.7 Å². The van der Waals surface area contributed by atoms with Crippen LogP contribution in [0.5, 0.6) is 0 Å². The van der Waals surface area contributed by atoms with Crippen LogP contribution in [0.25, 0.3) is 0 Å². The van der Waals surface area contributed by atoms with Crippen LogP contribution in [0, 0.1) is 29.1 Å². The number of ether oxygens (including phenoxy) is 3. The summed E-state index contributed by atoms with van der Waals surface area (Å²) in [6.45, 7) is 25.0. The molecule has 0 spiro atoms. The molecule has 5 atom stereocenters. The fourth-order valence-electron chi connectivity index (χ4n) is 10.7. The van der Waals surface area contributed by atoms with Gasteiger partial charge in [0, 0.05) is 67.0 Å². The molecule has 512 valence electrons. The van der Waals surface area contributed by atoms with E-state index in [1.165, 1.54) is 16.8 Å². The molecule has 4 aromatic rings.